The highest BCUT2D eigenvalue weighted by molar-refractivity contribution is 7.89. The van der Waals surface area contributed by atoms with E-state index in [4.69, 9.17) is 0 Å². The van der Waals surface area contributed by atoms with Crippen LogP contribution in [0, 0.1) is 17.6 Å². The molecule has 0 saturated carbocycles. The van der Waals surface area contributed by atoms with Gasteiger partial charge in [-0.1, -0.05) is 12.1 Å². The van der Waals surface area contributed by atoms with E-state index < -0.39 is 21.7 Å². The van der Waals surface area contributed by atoms with Gasteiger partial charge in [-0.3, -0.25) is 9.48 Å². The molecule has 4 rings (SSSR count). The van der Waals surface area contributed by atoms with Gasteiger partial charge in [0.2, 0.25) is 15.9 Å². The molecular formula is C22H22F2N4O3S. The van der Waals surface area contributed by atoms with E-state index in [2.05, 4.69) is 10.4 Å². The van der Waals surface area contributed by atoms with E-state index in [1.807, 2.05) is 30.5 Å². The summed E-state index contributed by atoms with van der Waals surface area (Å²) in [5.41, 5.74) is 1.65. The normalized spacial score (nSPS) is 15.6. The Kier molecular flexibility index (Phi) is 6.33. The van der Waals surface area contributed by atoms with Crippen LogP contribution in [0.5, 0.6) is 0 Å². The number of sulfonamides is 1. The van der Waals surface area contributed by atoms with Crippen LogP contribution < -0.4 is 5.32 Å². The number of aromatic nitrogens is 2. The number of carbonyl (C=O) groups is 1. The predicted octanol–water partition coefficient (Wildman–Crippen LogP) is 3.25. The van der Waals surface area contributed by atoms with E-state index in [1.165, 1.54) is 4.31 Å². The highest BCUT2D eigenvalue weighted by Crippen LogP contribution is 2.26. The molecule has 0 spiro atoms. The van der Waals surface area contributed by atoms with Crippen molar-refractivity contribution >= 4 is 21.6 Å². The van der Waals surface area contributed by atoms with Crippen molar-refractivity contribution in [1.29, 1.82) is 0 Å². The van der Waals surface area contributed by atoms with Gasteiger partial charge in [-0.05, 0) is 54.8 Å². The zero-order valence-electron chi connectivity index (χ0n) is 17.1. The van der Waals surface area contributed by atoms with Gasteiger partial charge in [-0.2, -0.15) is 9.40 Å². The molecule has 10 heteroatoms. The van der Waals surface area contributed by atoms with Gasteiger partial charge in [-0.25, -0.2) is 17.2 Å². The standard InChI is InChI=1S/C22H22F2N4O3S/c23-20-6-5-19(14-21(20)24)32(30,31)28-11-7-17(8-12-28)22(29)26-18-4-1-3-16(13-18)15-27-10-2-9-25-27/h1-6,9-10,13-14,17H,7-8,11-12,15H2,(H,26,29). The third-order valence-electron chi connectivity index (χ3n) is 5.45. The molecule has 0 aliphatic carbocycles. The molecule has 0 bridgehead atoms. The van der Waals surface area contributed by atoms with Crippen LogP contribution in [0.15, 0.2) is 65.8 Å². The highest BCUT2D eigenvalue weighted by atomic mass is 32.2. The number of piperidine rings is 1. The molecule has 2 heterocycles. The lowest BCUT2D eigenvalue weighted by atomic mass is 9.97. The van der Waals surface area contributed by atoms with Gasteiger partial charge in [0.25, 0.3) is 0 Å². The molecule has 1 aromatic heterocycles. The Morgan fingerprint density at radius 2 is 1.84 bits per heavy atom. The maximum Gasteiger partial charge on any atom is 0.243 e. The first-order chi connectivity index (χ1) is 15.3. The molecule has 1 amide bonds. The van der Waals surface area contributed by atoms with Crippen LogP contribution in [0.1, 0.15) is 18.4 Å². The highest BCUT2D eigenvalue weighted by Gasteiger charge is 2.32. The Balaban J connectivity index is 1.36. The largest absolute Gasteiger partial charge is 0.326 e. The maximum atomic E-state index is 13.5. The van der Waals surface area contributed by atoms with Crippen molar-refractivity contribution in [2.45, 2.75) is 24.3 Å². The van der Waals surface area contributed by atoms with Crippen LogP contribution in [0.2, 0.25) is 0 Å². The minimum absolute atomic E-state index is 0.124. The number of amides is 1. The van der Waals surface area contributed by atoms with Gasteiger partial charge in [0.05, 0.1) is 11.4 Å². The monoisotopic (exact) mass is 460 g/mol. The second-order valence-corrected chi connectivity index (χ2v) is 9.59. The summed E-state index contributed by atoms with van der Waals surface area (Å²) in [5, 5.41) is 7.07. The summed E-state index contributed by atoms with van der Waals surface area (Å²) in [7, 11) is -3.95. The van der Waals surface area contributed by atoms with Gasteiger partial charge in [0.15, 0.2) is 11.6 Å². The number of halogens is 2. The van der Waals surface area contributed by atoms with Crippen molar-refractivity contribution in [3.63, 3.8) is 0 Å². The SMILES string of the molecule is O=C(Nc1cccc(Cn2cccn2)c1)C1CCN(S(=O)(=O)c2ccc(F)c(F)c2)CC1. The molecule has 7 nitrogen and oxygen atoms in total. The molecular weight excluding hydrogens is 438 g/mol. The molecule has 2 aromatic carbocycles. The van der Waals surface area contributed by atoms with Gasteiger partial charge in [-0.15, -0.1) is 0 Å². The topological polar surface area (TPSA) is 84.3 Å². The summed E-state index contributed by atoms with van der Waals surface area (Å²) in [5.74, 6) is -2.84. The van der Waals surface area contributed by atoms with Gasteiger partial charge in [0, 0.05) is 37.1 Å². The average molecular weight is 461 g/mol. The number of hydrogen-bond acceptors (Lipinski definition) is 4. The quantitative estimate of drug-likeness (QED) is 0.612. The summed E-state index contributed by atoms with van der Waals surface area (Å²) in [6.45, 7) is 0.828. The third-order valence-corrected chi connectivity index (χ3v) is 7.35. The van der Waals surface area contributed by atoms with Crippen LogP contribution in [0.25, 0.3) is 0 Å². The van der Waals surface area contributed by atoms with Crippen molar-refractivity contribution in [2.24, 2.45) is 5.92 Å². The summed E-state index contributed by atoms with van der Waals surface area (Å²) >= 11 is 0. The number of benzene rings is 2. The molecule has 32 heavy (non-hydrogen) atoms. The van der Waals surface area contributed by atoms with Crippen LogP contribution in [0.4, 0.5) is 14.5 Å². The van der Waals surface area contributed by atoms with E-state index in [1.54, 1.807) is 16.9 Å². The number of hydrogen-bond donors (Lipinski definition) is 1. The average Bonchev–Trinajstić information content (AvgIpc) is 3.29. The van der Waals surface area contributed by atoms with Gasteiger partial charge >= 0.3 is 0 Å². The Labute approximate surface area is 184 Å². The third kappa shape index (κ3) is 4.86. The molecule has 0 radical (unpaired) electrons. The first kappa shape index (κ1) is 22.1. The Morgan fingerprint density at radius 1 is 1.06 bits per heavy atom. The van der Waals surface area contributed by atoms with Gasteiger partial charge < -0.3 is 5.32 Å². The molecule has 1 N–H and O–H groups in total. The lowest BCUT2D eigenvalue weighted by Gasteiger charge is -2.30. The molecule has 168 valence electrons. The number of carbonyl (C=O) groups excluding carboxylic acids is 1. The van der Waals surface area contributed by atoms with Crippen LogP contribution >= 0.6 is 0 Å². The predicted molar refractivity (Wildman–Crippen MR) is 114 cm³/mol. The zero-order valence-corrected chi connectivity index (χ0v) is 17.9. The molecule has 0 atom stereocenters. The fraction of sp³-hybridized carbons (Fsp3) is 0.273. The number of anilines is 1. The Hall–Kier alpha value is -3.11. The lowest BCUT2D eigenvalue weighted by molar-refractivity contribution is -0.120. The fourth-order valence-corrected chi connectivity index (χ4v) is 5.20. The van der Waals surface area contributed by atoms with E-state index in [-0.39, 0.29) is 29.8 Å². The lowest BCUT2D eigenvalue weighted by Crippen LogP contribution is -2.41. The molecule has 3 aromatic rings. The van der Waals surface area contributed by atoms with E-state index in [9.17, 15) is 22.0 Å². The second-order valence-electron chi connectivity index (χ2n) is 7.65. The molecule has 0 unspecified atom stereocenters. The number of rotatable bonds is 6. The summed E-state index contributed by atoms with van der Waals surface area (Å²) < 4.78 is 55.0. The minimum Gasteiger partial charge on any atom is -0.326 e. The summed E-state index contributed by atoms with van der Waals surface area (Å²) in [4.78, 5) is 12.4. The maximum absolute atomic E-state index is 13.5. The van der Waals surface area contributed by atoms with Crippen LogP contribution in [-0.2, 0) is 21.4 Å². The van der Waals surface area contributed by atoms with E-state index >= 15 is 0 Å². The second kappa shape index (κ2) is 9.17. The zero-order chi connectivity index (χ0) is 22.7. The van der Waals surface area contributed by atoms with Crippen molar-refractivity contribution < 1.29 is 22.0 Å². The van der Waals surface area contributed by atoms with E-state index in [0.717, 1.165) is 17.7 Å². The Bertz CT molecular complexity index is 1210. The van der Waals surface area contributed by atoms with Crippen molar-refractivity contribution in [3.05, 3.63) is 78.1 Å². The first-order valence-electron chi connectivity index (χ1n) is 10.2. The van der Waals surface area contributed by atoms with E-state index in [0.29, 0.717) is 31.1 Å². The van der Waals surface area contributed by atoms with Crippen molar-refractivity contribution in [3.8, 4) is 0 Å². The molecule has 1 saturated heterocycles. The summed E-state index contributed by atoms with van der Waals surface area (Å²) in [6.07, 6.45) is 4.22. The van der Waals surface area contributed by atoms with Gasteiger partial charge in [0.1, 0.15) is 0 Å². The van der Waals surface area contributed by atoms with Crippen LogP contribution in [-0.4, -0.2) is 41.5 Å². The first-order valence-corrected chi connectivity index (χ1v) is 11.6. The van der Waals surface area contributed by atoms with Crippen molar-refractivity contribution in [1.82, 2.24) is 14.1 Å². The molecule has 1 fully saturated rings. The minimum atomic E-state index is -3.95. The smallest absolute Gasteiger partial charge is 0.243 e. The van der Waals surface area contributed by atoms with Crippen molar-refractivity contribution in [2.75, 3.05) is 18.4 Å². The number of nitrogens with zero attached hydrogens (tertiary/aromatic N) is 3. The fourth-order valence-electron chi connectivity index (χ4n) is 3.72. The number of nitrogens with one attached hydrogen (secondary N) is 1. The summed E-state index contributed by atoms with van der Waals surface area (Å²) in [6, 6.07) is 11.8. The van der Waals surface area contributed by atoms with Crippen LogP contribution in [0.3, 0.4) is 0 Å². The molecule has 1 aliphatic heterocycles. The Morgan fingerprint density at radius 3 is 2.53 bits per heavy atom. The molecule has 1 aliphatic rings.